The van der Waals surface area contributed by atoms with Gasteiger partial charge in [0, 0.05) is 29.6 Å². The highest BCUT2D eigenvalue weighted by Crippen LogP contribution is 2.24. The first kappa shape index (κ1) is 17.9. The van der Waals surface area contributed by atoms with Gasteiger partial charge in [0.15, 0.2) is 5.78 Å². The van der Waals surface area contributed by atoms with Crippen molar-refractivity contribution < 1.29 is 23.0 Å². The van der Waals surface area contributed by atoms with Crippen LogP contribution >= 0.6 is 11.3 Å². The van der Waals surface area contributed by atoms with Gasteiger partial charge in [-0.1, -0.05) is 0 Å². The average molecular weight is 368 g/mol. The first-order valence-corrected chi connectivity index (χ1v) is 8.81. The Morgan fingerprint density at radius 2 is 2.24 bits per heavy atom. The molecule has 1 fully saturated rings. The molecule has 1 aliphatic rings. The van der Waals surface area contributed by atoms with Gasteiger partial charge in [-0.05, 0) is 13.8 Å². The van der Waals surface area contributed by atoms with Gasteiger partial charge in [-0.3, -0.25) is 4.79 Å². The zero-order valence-corrected chi connectivity index (χ0v) is 14.7. The Balaban J connectivity index is 1.71. The van der Waals surface area contributed by atoms with Gasteiger partial charge < -0.3 is 9.47 Å². The van der Waals surface area contributed by atoms with Crippen LogP contribution in [0.15, 0.2) is 17.5 Å². The van der Waals surface area contributed by atoms with Gasteiger partial charge >= 0.3 is 0 Å². The minimum Gasteiger partial charge on any atom is -0.488 e. The van der Waals surface area contributed by atoms with Crippen LogP contribution in [0.2, 0.25) is 0 Å². The van der Waals surface area contributed by atoms with Gasteiger partial charge in [0.05, 0.1) is 19.1 Å². The van der Waals surface area contributed by atoms with Crippen molar-refractivity contribution in [2.75, 3.05) is 6.61 Å². The normalized spacial score (nSPS) is 20.2. The van der Waals surface area contributed by atoms with E-state index in [2.05, 4.69) is 9.97 Å². The molecular formula is C17H18F2N2O3S. The summed E-state index contributed by atoms with van der Waals surface area (Å²) in [6.45, 7) is 4.27. The topological polar surface area (TPSA) is 61.3 Å². The molecule has 0 radical (unpaired) electrons. The molecule has 3 rings (SSSR count). The number of pyridine rings is 1. The fraction of sp³-hybridized carbons (Fsp3) is 0.471. The largest absolute Gasteiger partial charge is 0.488 e. The molecule has 1 saturated heterocycles. The van der Waals surface area contributed by atoms with E-state index in [1.807, 2.05) is 6.92 Å². The zero-order valence-electron chi connectivity index (χ0n) is 13.9. The van der Waals surface area contributed by atoms with Crippen molar-refractivity contribution in [1.29, 1.82) is 0 Å². The lowest BCUT2D eigenvalue weighted by Gasteiger charge is -2.13. The number of aromatic nitrogens is 2. The lowest BCUT2D eigenvalue weighted by Crippen LogP contribution is -2.17. The number of carbonyl (C=O) groups excluding carboxylic acids is 1. The van der Waals surface area contributed by atoms with E-state index in [0.29, 0.717) is 23.1 Å². The lowest BCUT2D eigenvalue weighted by molar-refractivity contribution is 0.0984. The minimum absolute atomic E-state index is 0.0488. The number of aryl methyl sites for hydroxylation is 1. The number of Topliss-reactive ketones (excluding diaryl/α,β-unsaturated/α-hetero) is 1. The quantitative estimate of drug-likeness (QED) is 0.727. The highest BCUT2D eigenvalue weighted by atomic mass is 32.1. The summed E-state index contributed by atoms with van der Waals surface area (Å²) in [5, 5.41) is 1.62. The summed E-state index contributed by atoms with van der Waals surface area (Å²) in [6.07, 6.45) is -1.79. The van der Waals surface area contributed by atoms with E-state index in [-0.39, 0.29) is 35.8 Å². The van der Waals surface area contributed by atoms with Crippen LogP contribution in [0.25, 0.3) is 0 Å². The van der Waals surface area contributed by atoms with E-state index in [0.717, 1.165) is 17.8 Å². The summed E-state index contributed by atoms with van der Waals surface area (Å²) in [5.41, 5.74) is 0.598. The van der Waals surface area contributed by atoms with Crippen LogP contribution in [0.4, 0.5) is 8.78 Å². The van der Waals surface area contributed by atoms with E-state index < -0.39 is 6.43 Å². The summed E-state index contributed by atoms with van der Waals surface area (Å²) in [7, 11) is 0. The Bertz CT molecular complexity index is 766. The molecule has 0 N–H and O–H groups in total. The molecule has 25 heavy (non-hydrogen) atoms. The number of nitrogens with zero attached hydrogens (tertiary/aromatic N) is 2. The SMILES string of the molecule is Cc1cc(O[C@H]2CO[C@H](C)C2)cc(C(=O)Cc2nc(C(F)F)cs2)n1. The number of halogens is 2. The molecule has 0 unspecified atom stereocenters. The van der Waals surface area contributed by atoms with E-state index in [1.54, 1.807) is 19.1 Å². The van der Waals surface area contributed by atoms with Crippen molar-refractivity contribution >= 4 is 17.1 Å². The molecule has 0 amide bonds. The summed E-state index contributed by atoms with van der Waals surface area (Å²) < 4.78 is 36.5. The second kappa shape index (κ2) is 7.53. The molecule has 2 atom stereocenters. The third kappa shape index (κ3) is 4.58. The Kier molecular flexibility index (Phi) is 5.39. The van der Waals surface area contributed by atoms with Gasteiger partial charge in [0.25, 0.3) is 6.43 Å². The Labute approximate surface area is 148 Å². The van der Waals surface area contributed by atoms with Crippen LogP contribution in [0, 0.1) is 6.92 Å². The number of thiazole rings is 1. The Morgan fingerprint density at radius 1 is 1.44 bits per heavy atom. The number of hydrogen-bond donors (Lipinski definition) is 0. The fourth-order valence-electron chi connectivity index (χ4n) is 2.63. The van der Waals surface area contributed by atoms with Crippen molar-refractivity contribution in [3.63, 3.8) is 0 Å². The number of hydrogen-bond acceptors (Lipinski definition) is 6. The molecule has 2 aromatic rings. The van der Waals surface area contributed by atoms with E-state index in [1.165, 1.54) is 5.38 Å². The van der Waals surface area contributed by atoms with Crippen molar-refractivity contribution in [1.82, 2.24) is 9.97 Å². The number of carbonyl (C=O) groups is 1. The van der Waals surface area contributed by atoms with E-state index >= 15 is 0 Å². The number of ether oxygens (including phenoxy) is 2. The van der Waals surface area contributed by atoms with Crippen LogP contribution in [0.5, 0.6) is 5.75 Å². The molecule has 134 valence electrons. The van der Waals surface area contributed by atoms with Crippen molar-refractivity contribution in [2.45, 2.75) is 45.3 Å². The molecule has 0 bridgehead atoms. The second-order valence-electron chi connectivity index (χ2n) is 6.02. The maximum absolute atomic E-state index is 12.6. The predicted octanol–water partition coefficient (Wildman–Crippen LogP) is 3.77. The molecule has 5 nitrogen and oxygen atoms in total. The maximum atomic E-state index is 12.6. The standard InChI is InChI=1S/C17H18F2N2O3S/c1-9-3-11(24-12-4-10(2)23-7-12)5-13(20-9)15(22)6-16-21-14(8-25-16)17(18)19/h3,5,8,10,12,17H,4,6-7H2,1-2H3/t10-,12-/m1/s1. The summed E-state index contributed by atoms with van der Waals surface area (Å²) in [4.78, 5) is 20.4. The number of rotatable bonds is 6. The second-order valence-corrected chi connectivity index (χ2v) is 6.96. The first-order chi connectivity index (χ1) is 11.9. The molecular weight excluding hydrogens is 350 g/mol. The highest BCUT2D eigenvalue weighted by Gasteiger charge is 2.24. The van der Waals surface area contributed by atoms with Crippen LogP contribution < -0.4 is 4.74 Å². The smallest absolute Gasteiger partial charge is 0.281 e. The fourth-order valence-corrected chi connectivity index (χ4v) is 3.42. The molecule has 8 heteroatoms. The van der Waals surface area contributed by atoms with Gasteiger partial charge in [0.2, 0.25) is 0 Å². The molecule has 1 aliphatic heterocycles. The Morgan fingerprint density at radius 3 is 2.88 bits per heavy atom. The Hall–Kier alpha value is -1.93. The van der Waals surface area contributed by atoms with E-state index in [9.17, 15) is 13.6 Å². The van der Waals surface area contributed by atoms with Crippen molar-refractivity contribution in [3.8, 4) is 5.75 Å². The summed E-state index contributed by atoms with van der Waals surface area (Å²) >= 11 is 1.05. The predicted molar refractivity (Wildman–Crippen MR) is 88.5 cm³/mol. The molecule has 3 heterocycles. The van der Waals surface area contributed by atoms with Gasteiger partial charge in [-0.2, -0.15) is 0 Å². The van der Waals surface area contributed by atoms with E-state index in [4.69, 9.17) is 9.47 Å². The molecule has 0 aliphatic carbocycles. The third-order valence-electron chi connectivity index (χ3n) is 3.78. The molecule has 0 spiro atoms. The average Bonchev–Trinajstić information content (AvgIpc) is 3.16. The van der Waals surface area contributed by atoms with Gasteiger partial charge in [0.1, 0.15) is 28.2 Å². The lowest BCUT2D eigenvalue weighted by atomic mass is 10.1. The first-order valence-electron chi connectivity index (χ1n) is 7.93. The summed E-state index contributed by atoms with van der Waals surface area (Å²) in [5.74, 6) is 0.283. The number of alkyl halides is 2. The highest BCUT2D eigenvalue weighted by molar-refractivity contribution is 7.09. The van der Waals surface area contributed by atoms with Crippen molar-refractivity contribution in [3.05, 3.63) is 39.6 Å². The summed E-state index contributed by atoms with van der Waals surface area (Å²) in [6, 6.07) is 3.35. The monoisotopic (exact) mass is 368 g/mol. The molecule has 2 aromatic heterocycles. The molecule has 0 saturated carbocycles. The maximum Gasteiger partial charge on any atom is 0.281 e. The minimum atomic E-state index is -2.63. The van der Waals surface area contributed by atoms with Crippen LogP contribution in [-0.2, 0) is 11.2 Å². The van der Waals surface area contributed by atoms with Gasteiger partial charge in [-0.25, -0.2) is 18.7 Å². The van der Waals surface area contributed by atoms with Crippen LogP contribution in [0.1, 0.15) is 46.7 Å². The third-order valence-corrected chi connectivity index (χ3v) is 4.65. The number of ketones is 1. The van der Waals surface area contributed by atoms with Gasteiger partial charge in [-0.15, -0.1) is 11.3 Å². The van der Waals surface area contributed by atoms with Crippen LogP contribution in [0.3, 0.4) is 0 Å². The van der Waals surface area contributed by atoms with Crippen LogP contribution in [-0.4, -0.2) is 34.6 Å². The van der Waals surface area contributed by atoms with Crippen molar-refractivity contribution in [2.24, 2.45) is 0 Å². The molecule has 0 aromatic carbocycles. The zero-order chi connectivity index (χ0) is 18.0.